The number of ketones is 1. The average Bonchev–Trinajstić information content (AvgIpc) is 2.78. The van der Waals surface area contributed by atoms with Crippen molar-refractivity contribution in [3.05, 3.63) is 89.5 Å². The van der Waals surface area contributed by atoms with Gasteiger partial charge in [-0.3, -0.25) is 4.79 Å². The maximum atomic E-state index is 12.9. The van der Waals surface area contributed by atoms with E-state index in [1.165, 1.54) is 32.1 Å². The van der Waals surface area contributed by atoms with Crippen molar-refractivity contribution in [1.82, 2.24) is 0 Å². The summed E-state index contributed by atoms with van der Waals surface area (Å²) >= 11 is 0. The molecule has 0 saturated carbocycles. The predicted molar refractivity (Wildman–Crippen MR) is 122 cm³/mol. The Kier molecular flexibility index (Phi) is 8.08. The fourth-order valence-corrected chi connectivity index (χ4v) is 3.52. The van der Waals surface area contributed by atoms with E-state index < -0.39 is 0 Å². The lowest BCUT2D eigenvalue weighted by atomic mass is 10.0. The SMILES string of the molecule is CCCCCCCCc1ccc(Oc2ccccc2C(=O)c2ccccc2)c(O)c1. The van der Waals surface area contributed by atoms with Crippen LogP contribution < -0.4 is 4.74 Å². The summed E-state index contributed by atoms with van der Waals surface area (Å²) < 4.78 is 5.94. The molecule has 0 atom stereocenters. The summed E-state index contributed by atoms with van der Waals surface area (Å²) in [4.78, 5) is 12.9. The lowest BCUT2D eigenvalue weighted by Crippen LogP contribution is -2.03. The number of aromatic hydroxyl groups is 1. The number of phenols is 1. The van der Waals surface area contributed by atoms with E-state index in [0.717, 1.165) is 18.4 Å². The van der Waals surface area contributed by atoms with Gasteiger partial charge in [0.2, 0.25) is 0 Å². The zero-order valence-corrected chi connectivity index (χ0v) is 17.6. The number of rotatable bonds is 11. The van der Waals surface area contributed by atoms with Gasteiger partial charge in [-0.15, -0.1) is 0 Å². The van der Waals surface area contributed by atoms with Crippen molar-refractivity contribution >= 4 is 5.78 Å². The van der Waals surface area contributed by atoms with Crippen molar-refractivity contribution in [2.75, 3.05) is 0 Å². The second-order valence-electron chi connectivity index (χ2n) is 7.61. The topological polar surface area (TPSA) is 46.5 Å². The molecule has 0 aliphatic rings. The van der Waals surface area contributed by atoms with Crippen LogP contribution in [0.4, 0.5) is 0 Å². The lowest BCUT2D eigenvalue weighted by Gasteiger charge is -2.12. The number of ether oxygens (including phenoxy) is 1. The summed E-state index contributed by atoms with van der Waals surface area (Å²) in [6, 6.07) is 21.8. The molecule has 30 heavy (non-hydrogen) atoms. The van der Waals surface area contributed by atoms with E-state index in [9.17, 15) is 9.90 Å². The number of unbranched alkanes of at least 4 members (excludes halogenated alkanes) is 5. The third-order valence-electron chi connectivity index (χ3n) is 5.23. The van der Waals surface area contributed by atoms with Gasteiger partial charge in [-0.1, -0.05) is 87.6 Å². The molecule has 0 unspecified atom stereocenters. The highest BCUT2D eigenvalue weighted by Crippen LogP contribution is 2.34. The van der Waals surface area contributed by atoms with Crippen LogP contribution in [0.1, 0.15) is 66.9 Å². The van der Waals surface area contributed by atoms with Gasteiger partial charge in [0.05, 0.1) is 5.56 Å². The molecule has 3 aromatic carbocycles. The first kappa shape index (κ1) is 21.6. The summed E-state index contributed by atoms with van der Waals surface area (Å²) in [7, 11) is 0. The number of benzene rings is 3. The molecule has 156 valence electrons. The van der Waals surface area contributed by atoms with Crippen LogP contribution >= 0.6 is 0 Å². The highest BCUT2D eigenvalue weighted by atomic mass is 16.5. The van der Waals surface area contributed by atoms with Crippen molar-refractivity contribution in [2.24, 2.45) is 0 Å². The molecule has 0 saturated heterocycles. The normalized spacial score (nSPS) is 10.7. The van der Waals surface area contributed by atoms with Gasteiger partial charge < -0.3 is 9.84 Å². The maximum Gasteiger partial charge on any atom is 0.196 e. The van der Waals surface area contributed by atoms with E-state index in [1.54, 1.807) is 36.4 Å². The van der Waals surface area contributed by atoms with E-state index in [0.29, 0.717) is 22.6 Å². The molecule has 0 spiro atoms. The molecular weight excluding hydrogens is 372 g/mol. The van der Waals surface area contributed by atoms with Gasteiger partial charge in [0.1, 0.15) is 5.75 Å². The molecule has 1 N–H and O–H groups in total. The number of aryl methyl sites for hydroxylation is 1. The Morgan fingerprint density at radius 3 is 2.27 bits per heavy atom. The molecule has 3 heteroatoms. The summed E-state index contributed by atoms with van der Waals surface area (Å²) in [6.07, 6.45) is 8.42. The quantitative estimate of drug-likeness (QED) is 0.270. The minimum atomic E-state index is -0.106. The minimum absolute atomic E-state index is 0.0976. The van der Waals surface area contributed by atoms with Crippen LogP contribution in [0.3, 0.4) is 0 Å². The monoisotopic (exact) mass is 402 g/mol. The Morgan fingerprint density at radius 2 is 1.50 bits per heavy atom. The molecule has 0 amide bonds. The zero-order valence-electron chi connectivity index (χ0n) is 17.6. The van der Waals surface area contributed by atoms with Gasteiger partial charge in [0, 0.05) is 5.56 Å². The number of hydrogen-bond acceptors (Lipinski definition) is 3. The largest absolute Gasteiger partial charge is 0.504 e. The molecule has 0 heterocycles. The van der Waals surface area contributed by atoms with Crippen LogP contribution in [0.2, 0.25) is 0 Å². The van der Waals surface area contributed by atoms with Gasteiger partial charge in [-0.2, -0.15) is 0 Å². The van der Waals surface area contributed by atoms with Crippen LogP contribution in [0.5, 0.6) is 17.2 Å². The zero-order chi connectivity index (χ0) is 21.2. The van der Waals surface area contributed by atoms with E-state index in [-0.39, 0.29) is 11.5 Å². The van der Waals surface area contributed by atoms with Crippen LogP contribution in [0.25, 0.3) is 0 Å². The number of carbonyl (C=O) groups excluding carboxylic acids is 1. The molecule has 3 aromatic rings. The Hall–Kier alpha value is -3.07. The molecule has 0 aliphatic carbocycles. The summed E-state index contributed by atoms with van der Waals surface area (Å²) in [5.41, 5.74) is 2.18. The van der Waals surface area contributed by atoms with E-state index in [1.807, 2.05) is 36.4 Å². The molecule has 0 aliphatic heterocycles. The summed E-state index contributed by atoms with van der Waals surface area (Å²) in [5.74, 6) is 0.783. The molecule has 0 fully saturated rings. The second kappa shape index (κ2) is 11.2. The maximum absolute atomic E-state index is 12.9. The van der Waals surface area contributed by atoms with Crippen molar-refractivity contribution in [2.45, 2.75) is 51.9 Å². The van der Waals surface area contributed by atoms with E-state index >= 15 is 0 Å². The highest BCUT2D eigenvalue weighted by molar-refractivity contribution is 6.10. The van der Waals surface area contributed by atoms with Crippen LogP contribution in [-0.2, 0) is 6.42 Å². The minimum Gasteiger partial charge on any atom is -0.504 e. The molecule has 3 rings (SSSR count). The third kappa shape index (κ3) is 5.96. The number of para-hydroxylation sites is 1. The second-order valence-corrected chi connectivity index (χ2v) is 7.61. The Labute approximate surface area is 179 Å². The van der Waals surface area contributed by atoms with Gasteiger partial charge in [-0.25, -0.2) is 0 Å². The highest BCUT2D eigenvalue weighted by Gasteiger charge is 2.16. The molecule has 0 aromatic heterocycles. The first-order chi connectivity index (χ1) is 14.7. The van der Waals surface area contributed by atoms with Crippen molar-refractivity contribution in [3.63, 3.8) is 0 Å². The third-order valence-corrected chi connectivity index (χ3v) is 5.23. The Bertz CT molecular complexity index is 947. The van der Waals surface area contributed by atoms with E-state index in [2.05, 4.69) is 6.92 Å². The summed E-state index contributed by atoms with van der Waals surface area (Å²) in [6.45, 7) is 2.22. The molecule has 0 radical (unpaired) electrons. The van der Waals surface area contributed by atoms with Gasteiger partial charge in [0.15, 0.2) is 17.3 Å². The van der Waals surface area contributed by atoms with E-state index in [4.69, 9.17) is 4.74 Å². The van der Waals surface area contributed by atoms with Crippen molar-refractivity contribution in [3.8, 4) is 17.2 Å². The lowest BCUT2D eigenvalue weighted by molar-refractivity contribution is 0.103. The number of phenolic OH excluding ortho intramolecular Hbond substituents is 1. The van der Waals surface area contributed by atoms with Crippen LogP contribution in [0, 0.1) is 0 Å². The molecule has 3 nitrogen and oxygen atoms in total. The number of hydrogen-bond donors (Lipinski definition) is 1. The number of carbonyl (C=O) groups is 1. The van der Waals surface area contributed by atoms with Crippen LogP contribution in [-0.4, -0.2) is 10.9 Å². The van der Waals surface area contributed by atoms with Gasteiger partial charge in [0.25, 0.3) is 0 Å². The Morgan fingerprint density at radius 1 is 0.800 bits per heavy atom. The van der Waals surface area contributed by atoms with Crippen molar-refractivity contribution in [1.29, 1.82) is 0 Å². The fraction of sp³-hybridized carbons (Fsp3) is 0.296. The molecule has 0 bridgehead atoms. The first-order valence-electron chi connectivity index (χ1n) is 10.9. The summed E-state index contributed by atoms with van der Waals surface area (Å²) in [5, 5.41) is 10.5. The molecular formula is C27H30O3. The predicted octanol–water partition coefficient (Wildman–Crippen LogP) is 7.32. The van der Waals surface area contributed by atoms with Crippen molar-refractivity contribution < 1.29 is 14.6 Å². The smallest absolute Gasteiger partial charge is 0.196 e. The van der Waals surface area contributed by atoms with Crippen LogP contribution in [0.15, 0.2) is 72.8 Å². The van der Waals surface area contributed by atoms with Gasteiger partial charge in [-0.05, 0) is 42.7 Å². The standard InChI is InChI=1S/C27H30O3/c1-2-3-4-5-6-8-13-21-18-19-26(24(28)20-21)30-25-17-12-11-16-23(25)27(29)22-14-9-7-10-15-22/h7,9-12,14-20,28H,2-6,8,13H2,1H3. The first-order valence-corrected chi connectivity index (χ1v) is 10.9. The average molecular weight is 403 g/mol. The Balaban J connectivity index is 1.66. The van der Waals surface area contributed by atoms with Gasteiger partial charge >= 0.3 is 0 Å². The fourth-order valence-electron chi connectivity index (χ4n) is 3.52.